The van der Waals surface area contributed by atoms with Gasteiger partial charge in [0.2, 0.25) is 12.1 Å². The number of hydrogen-bond donors (Lipinski definition) is 4. The van der Waals surface area contributed by atoms with Gasteiger partial charge in [0, 0.05) is 5.75 Å². The molecule has 0 aromatic carbocycles. The molecule has 0 saturated heterocycles. The van der Waals surface area contributed by atoms with E-state index in [2.05, 4.69) is 4.74 Å². The molecule has 3 atom stereocenters. The number of carboxylic acids is 3. The lowest BCUT2D eigenvalue weighted by atomic mass is 10.00. The SMILES string of the molecule is CCSCC(OC(O)C(=O)C(CC(=O)O)C(=O)O)C(=O)O. The molecule has 0 aliphatic heterocycles. The van der Waals surface area contributed by atoms with Gasteiger partial charge in [-0.3, -0.25) is 14.4 Å². The van der Waals surface area contributed by atoms with Gasteiger partial charge in [-0.15, -0.1) is 0 Å². The molecule has 0 aliphatic carbocycles. The van der Waals surface area contributed by atoms with Crippen molar-refractivity contribution in [2.24, 2.45) is 5.92 Å². The number of aliphatic hydroxyl groups is 1. The molecule has 0 fully saturated rings. The van der Waals surface area contributed by atoms with Crippen LogP contribution in [0, 0.1) is 5.92 Å². The molecule has 0 spiro atoms. The minimum absolute atomic E-state index is 0.0488. The minimum Gasteiger partial charge on any atom is -0.481 e. The van der Waals surface area contributed by atoms with Crippen LogP contribution in [0.4, 0.5) is 0 Å². The maximum atomic E-state index is 11.6. The van der Waals surface area contributed by atoms with Crippen molar-refractivity contribution in [1.82, 2.24) is 0 Å². The topological polar surface area (TPSA) is 158 Å². The molecule has 0 amide bonds. The smallest absolute Gasteiger partial charge is 0.333 e. The summed E-state index contributed by atoms with van der Waals surface area (Å²) >= 11 is 1.18. The first kappa shape index (κ1) is 19.4. The third-order valence-electron chi connectivity index (χ3n) is 2.31. The lowest BCUT2D eigenvalue weighted by molar-refractivity contribution is -0.183. The average Bonchev–Trinajstić information content (AvgIpc) is 2.38. The van der Waals surface area contributed by atoms with E-state index < -0.39 is 48.4 Å². The molecule has 0 radical (unpaired) electrons. The zero-order valence-corrected chi connectivity index (χ0v) is 11.9. The number of aliphatic carboxylic acids is 3. The highest BCUT2D eigenvalue weighted by Gasteiger charge is 2.36. The van der Waals surface area contributed by atoms with Gasteiger partial charge in [0.25, 0.3) is 0 Å². The largest absolute Gasteiger partial charge is 0.481 e. The van der Waals surface area contributed by atoms with Gasteiger partial charge in [-0.1, -0.05) is 6.92 Å². The molecule has 21 heavy (non-hydrogen) atoms. The lowest BCUT2D eigenvalue weighted by Gasteiger charge is -2.19. The second-order valence-corrected chi connectivity index (χ2v) is 5.18. The van der Waals surface area contributed by atoms with Gasteiger partial charge >= 0.3 is 17.9 Å². The van der Waals surface area contributed by atoms with Crippen LogP contribution in [0.2, 0.25) is 0 Å². The molecular formula is C11H16O9S. The van der Waals surface area contributed by atoms with Crippen molar-refractivity contribution in [2.45, 2.75) is 25.7 Å². The van der Waals surface area contributed by atoms with Gasteiger partial charge in [0.05, 0.1) is 6.42 Å². The highest BCUT2D eigenvalue weighted by molar-refractivity contribution is 7.99. The molecular weight excluding hydrogens is 308 g/mol. The fraction of sp³-hybridized carbons (Fsp3) is 0.636. The van der Waals surface area contributed by atoms with Crippen LogP contribution in [0.25, 0.3) is 0 Å². The highest BCUT2D eigenvalue weighted by atomic mass is 32.2. The van der Waals surface area contributed by atoms with Gasteiger partial charge in [-0.2, -0.15) is 11.8 Å². The van der Waals surface area contributed by atoms with Crippen LogP contribution >= 0.6 is 11.8 Å². The molecule has 0 heterocycles. The minimum atomic E-state index is -2.32. The number of rotatable bonds is 11. The third kappa shape index (κ3) is 7.06. The third-order valence-corrected chi connectivity index (χ3v) is 3.25. The summed E-state index contributed by atoms with van der Waals surface area (Å²) in [5.41, 5.74) is 0. The van der Waals surface area contributed by atoms with E-state index in [1.54, 1.807) is 6.92 Å². The summed E-state index contributed by atoms with van der Waals surface area (Å²) in [4.78, 5) is 43.8. The highest BCUT2D eigenvalue weighted by Crippen LogP contribution is 2.13. The first-order valence-electron chi connectivity index (χ1n) is 5.83. The molecule has 0 aromatic heterocycles. The molecule has 3 unspecified atom stereocenters. The van der Waals surface area contributed by atoms with Crippen LogP contribution in [0.5, 0.6) is 0 Å². The van der Waals surface area contributed by atoms with E-state index in [1.807, 2.05) is 0 Å². The van der Waals surface area contributed by atoms with E-state index in [9.17, 15) is 24.3 Å². The first-order valence-corrected chi connectivity index (χ1v) is 6.98. The molecule has 0 aliphatic rings. The van der Waals surface area contributed by atoms with E-state index in [0.717, 1.165) is 0 Å². The number of carbonyl (C=O) groups is 4. The summed E-state index contributed by atoms with van der Waals surface area (Å²) in [7, 11) is 0. The van der Waals surface area contributed by atoms with Crippen molar-refractivity contribution in [2.75, 3.05) is 11.5 Å². The summed E-state index contributed by atoms with van der Waals surface area (Å²) in [6, 6.07) is 0. The first-order chi connectivity index (χ1) is 9.70. The second kappa shape index (κ2) is 9.32. The zero-order valence-electron chi connectivity index (χ0n) is 11.1. The molecule has 9 nitrogen and oxygen atoms in total. The zero-order chi connectivity index (χ0) is 16.6. The predicted octanol–water partition coefficient (Wildman–Crippen LogP) is -0.728. The van der Waals surface area contributed by atoms with Crippen LogP contribution in [-0.4, -0.2) is 68.0 Å². The van der Waals surface area contributed by atoms with Crippen molar-refractivity contribution in [3.8, 4) is 0 Å². The number of thioether (sulfide) groups is 1. The Bertz CT molecular complexity index is 408. The van der Waals surface area contributed by atoms with Crippen molar-refractivity contribution < 1.29 is 44.3 Å². The summed E-state index contributed by atoms with van der Waals surface area (Å²) in [6.45, 7) is 1.76. The summed E-state index contributed by atoms with van der Waals surface area (Å²) in [5.74, 6) is -7.59. The second-order valence-electron chi connectivity index (χ2n) is 3.87. The number of carbonyl (C=O) groups excluding carboxylic acids is 1. The van der Waals surface area contributed by atoms with Crippen molar-refractivity contribution in [3.63, 3.8) is 0 Å². The Morgan fingerprint density at radius 2 is 1.67 bits per heavy atom. The Balaban J connectivity index is 4.82. The van der Waals surface area contributed by atoms with Crippen molar-refractivity contribution in [3.05, 3.63) is 0 Å². The van der Waals surface area contributed by atoms with E-state index in [1.165, 1.54) is 11.8 Å². The van der Waals surface area contributed by atoms with E-state index >= 15 is 0 Å². The molecule has 0 bridgehead atoms. The maximum absolute atomic E-state index is 11.6. The Morgan fingerprint density at radius 3 is 2.05 bits per heavy atom. The van der Waals surface area contributed by atoms with Crippen LogP contribution in [0.3, 0.4) is 0 Å². The molecule has 0 saturated carbocycles. The van der Waals surface area contributed by atoms with Gasteiger partial charge in [-0.05, 0) is 5.75 Å². The maximum Gasteiger partial charge on any atom is 0.333 e. The quantitative estimate of drug-likeness (QED) is 0.282. The summed E-state index contributed by atoms with van der Waals surface area (Å²) in [5, 5.41) is 35.6. The van der Waals surface area contributed by atoms with E-state index in [4.69, 9.17) is 15.3 Å². The van der Waals surface area contributed by atoms with Crippen LogP contribution in [-0.2, 0) is 23.9 Å². The van der Waals surface area contributed by atoms with E-state index in [0.29, 0.717) is 5.75 Å². The number of carboxylic acid groups (broad SMARTS) is 3. The Kier molecular flexibility index (Phi) is 8.58. The molecule has 120 valence electrons. The fourth-order valence-electron chi connectivity index (χ4n) is 1.27. The number of aliphatic hydroxyl groups excluding tert-OH is 1. The Hall–Kier alpha value is -1.65. The molecule has 0 rings (SSSR count). The van der Waals surface area contributed by atoms with Gasteiger partial charge in [0.1, 0.15) is 5.92 Å². The number of ketones is 1. The fourth-order valence-corrected chi connectivity index (χ4v) is 1.94. The number of ether oxygens (including phenoxy) is 1. The Morgan fingerprint density at radius 1 is 1.10 bits per heavy atom. The van der Waals surface area contributed by atoms with Crippen LogP contribution in [0.15, 0.2) is 0 Å². The van der Waals surface area contributed by atoms with E-state index in [-0.39, 0.29) is 5.75 Å². The summed E-state index contributed by atoms with van der Waals surface area (Å²) in [6.07, 6.45) is -4.85. The monoisotopic (exact) mass is 324 g/mol. The predicted molar refractivity (Wildman–Crippen MR) is 69.9 cm³/mol. The standard InChI is InChI=1S/C11H16O9S/c1-2-21-4-6(10(17)18)20-11(19)8(14)5(9(15)16)3-7(12)13/h5-6,11,19H,2-4H2,1H3,(H,12,13)(H,15,16)(H,17,18). The van der Waals surface area contributed by atoms with Gasteiger partial charge in [-0.25, -0.2) is 4.79 Å². The van der Waals surface area contributed by atoms with Crippen molar-refractivity contribution >= 4 is 35.5 Å². The van der Waals surface area contributed by atoms with Gasteiger partial charge in [0.15, 0.2) is 6.10 Å². The van der Waals surface area contributed by atoms with Crippen molar-refractivity contribution in [1.29, 1.82) is 0 Å². The Labute approximate surface area is 123 Å². The average molecular weight is 324 g/mol. The van der Waals surface area contributed by atoms with Crippen LogP contribution < -0.4 is 0 Å². The molecule has 10 heteroatoms. The normalized spacial score (nSPS) is 15.0. The molecule has 4 N–H and O–H groups in total. The molecule has 0 aromatic rings. The van der Waals surface area contributed by atoms with Gasteiger partial charge < -0.3 is 25.2 Å². The lowest BCUT2D eigenvalue weighted by Crippen LogP contribution is -2.41. The number of Topliss-reactive ketones (excluding diaryl/α,β-unsaturated/α-hetero) is 1. The summed E-state index contributed by atoms with van der Waals surface area (Å²) < 4.78 is 4.62. The number of hydrogen-bond acceptors (Lipinski definition) is 7. The van der Waals surface area contributed by atoms with Crippen LogP contribution in [0.1, 0.15) is 13.3 Å².